The molecule has 0 radical (unpaired) electrons. The Labute approximate surface area is 151 Å². The Kier molecular flexibility index (Phi) is 5.35. The van der Waals surface area contributed by atoms with E-state index in [1.54, 1.807) is 0 Å². The Bertz CT molecular complexity index is 1060. The molecule has 9 nitrogen and oxygen atoms in total. The van der Waals surface area contributed by atoms with Crippen LogP contribution in [-0.4, -0.2) is 40.2 Å². The molecule has 140 valence electrons. The van der Waals surface area contributed by atoms with Gasteiger partial charge in [-0.2, -0.15) is 0 Å². The zero-order valence-electron chi connectivity index (χ0n) is 14.2. The van der Waals surface area contributed by atoms with E-state index in [-0.39, 0.29) is 21.2 Å². The van der Waals surface area contributed by atoms with Crippen LogP contribution in [0.3, 0.4) is 0 Å². The van der Waals surface area contributed by atoms with Crippen molar-refractivity contribution in [1.29, 1.82) is 0 Å². The average molecular weight is 399 g/mol. The van der Waals surface area contributed by atoms with Gasteiger partial charge in [-0.3, -0.25) is 14.8 Å². The average Bonchev–Trinajstić information content (AvgIpc) is 2.54. The summed E-state index contributed by atoms with van der Waals surface area (Å²) in [6.45, 7) is 1.50. The van der Waals surface area contributed by atoms with Crippen molar-refractivity contribution in [2.75, 3.05) is 18.8 Å². The van der Waals surface area contributed by atoms with Gasteiger partial charge in [-0.25, -0.2) is 21.1 Å². The van der Waals surface area contributed by atoms with Gasteiger partial charge in [0.2, 0.25) is 10.0 Å². The first-order valence-electron chi connectivity index (χ1n) is 7.25. The Hall–Kier alpha value is -2.50. The summed E-state index contributed by atoms with van der Waals surface area (Å²) in [7, 11) is -5.15. The van der Waals surface area contributed by atoms with Crippen LogP contribution in [0, 0.1) is 17.0 Å². The second-order valence-electron chi connectivity index (χ2n) is 5.63. The quantitative estimate of drug-likeness (QED) is 0.584. The van der Waals surface area contributed by atoms with Crippen LogP contribution in [-0.2, 0) is 20.0 Å². The Morgan fingerprint density at radius 1 is 1.00 bits per heavy atom. The fraction of sp³-hybridized carbons (Fsp3) is 0.200. The van der Waals surface area contributed by atoms with E-state index in [0.29, 0.717) is 5.56 Å². The number of nitrogens with zero attached hydrogens (tertiary/aromatic N) is 2. The lowest BCUT2D eigenvalue weighted by Gasteiger charge is -2.13. The van der Waals surface area contributed by atoms with Crippen LogP contribution in [0.2, 0.25) is 0 Å². The van der Waals surface area contributed by atoms with E-state index >= 15 is 0 Å². The van der Waals surface area contributed by atoms with Gasteiger partial charge in [0, 0.05) is 25.7 Å². The maximum absolute atomic E-state index is 12.5. The molecule has 0 spiro atoms. The van der Waals surface area contributed by atoms with E-state index < -0.39 is 25.0 Å². The molecule has 0 saturated heterocycles. The first-order valence-corrected chi connectivity index (χ1v) is 10.2. The van der Waals surface area contributed by atoms with Gasteiger partial charge in [-0.05, 0) is 31.2 Å². The van der Waals surface area contributed by atoms with Crippen molar-refractivity contribution in [2.45, 2.75) is 16.7 Å². The standard InChI is InChI=1S/C15H17N3O6S2/c1-11-7-8-13(10-15(11)18(19)20)25(21,22)16-12-5-4-6-14(9-12)26(23,24)17(2)3/h4-10,16H,1-3H3. The fourth-order valence-corrected chi connectivity index (χ4v) is 4.12. The van der Waals surface area contributed by atoms with Crippen molar-refractivity contribution in [3.63, 3.8) is 0 Å². The fourth-order valence-electron chi connectivity index (χ4n) is 2.10. The van der Waals surface area contributed by atoms with E-state index in [9.17, 15) is 26.9 Å². The lowest BCUT2D eigenvalue weighted by atomic mass is 10.2. The number of hydrogen-bond acceptors (Lipinski definition) is 6. The molecule has 0 bridgehead atoms. The smallest absolute Gasteiger partial charge is 0.273 e. The van der Waals surface area contributed by atoms with Crippen LogP contribution in [0.4, 0.5) is 11.4 Å². The number of rotatable bonds is 6. The number of hydrogen-bond donors (Lipinski definition) is 1. The molecular weight excluding hydrogens is 382 g/mol. The summed E-state index contributed by atoms with van der Waals surface area (Å²) in [5.41, 5.74) is 0.0287. The number of nitro benzene ring substituents is 1. The van der Waals surface area contributed by atoms with Crippen molar-refractivity contribution < 1.29 is 21.8 Å². The van der Waals surface area contributed by atoms with Gasteiger partial charge >= 0.3 is 0 Å². The van der Waals surface area contributed by atoms with Gasteiger partial charge < -0.3 is 0 Å². The minimum absolute atomic E-state index is 0.0242. The molecule has 2 aromatic rings. The predicted octanol–water partition coefficient (Wildman–Crippen LogP) is 1.95. The summed E-state index contributed by atoms with van der Waals surface area (Å²) in [4.78, 5) is 9.95. The monoisotopic (exact) mass is 399 g/mol. The minimum Gasteiger partial charge on any atom is -0.280 e. The highest BCUT2D eigenvalue weighted by molar-refractivity contribution is 7.92. The molecule has 0 atom stereocenters. The third kappa shape index (κ3) is 4.00. The normalized spacial score (nSPS) is 12.2. The lowest BCUT2D eigenvalue weighted by Crippen LogP contribution is -2.22. The summed E-state index contributed by atoms with van der Waals surface area (Å²) in [5, 5.41) is 11.0. The van der Waals surface area contributed by atoms with E-state index in [1.807, 2.05) is 0 Å². The second-order valence-corrected chi connectivity index (χ2v) is 9.46. The third-order valence-electron chi connectivity index (χ3n) is 3.55. The zero-order chi connectivity index (χ0) is 19.7. The highest BCUT2D eigenvalue weighted by Gasteiger charge is 2.22. The van der Waals surface area contributed by atoms with Gasteiger partial charge in [-0.15, -0.1) is 0 Å². The Balaban J connectivity index is 2.42. The molecule has 0 aliphatic heterocycles. The van der Waals surface area contributed by atoms with Crippen molar-refractivity contribution in [3.05, 3.63) is 58.1 Å². The van der Waals surface area contributed by atoms with Crippen LogP contribution >= 0.6 is 0 Å². The summed E-state index contributed by atoms with van der Waals surface area (Å²) in [6, 6.07) is 8.82. The highest BCUT2D eigenvalue weighted by Crippen LogP contribution is 2.25. The molecule has 11 heteroatoms. The summed E-state index contributed by atoms with van der Waals surface area (Å²) in [5.74, 6) is 0. The van der Waals surface area contributed by atoms with E-state index in [1.165, 1.54) is 57.4 Å². The lowest BCUT2D eigenvalue weighted by molar-refractivity contribution is -0.385. The maximum atomic E-state index is 12.5. The minimum atomic E-state index is -4.13. The van der Waals surface area contributed by atoms with E-state index in [2.05, 4.69) is 4.72 Å². The van der Waals surface area contributed by atoms with Gasteiger partial charge in [0.25, 0.3) is 15.7 Å². The summed E-state index contributed by atoms with van der Waals surface area (Å²) < 4.78 is 52.5. The SMILES string of the molecule is Cc1ccc(S(=O)(=O)Nc2cccc(S(=O)(=O)N(C)C)c2)cc1[N+](=O)[O-]. The number of aryl methyl sites for hydroxylation is 1. The van der Waals surface area contributed by atoms with Crippen LogP contribution < -0.4 is 4.72 Å². The molecule has 0 fully saturated rings. The van der Waals surface area contributed by atoms with Gasteiger partial charge in [0.15, 0.2) is 0 Å². The number of sulfonamides is 2. The van der Waals surface area contributed by atoms with Crippen molar-refractivity contribution in [3.8, 4) is 0 Å². The zero-order valence-corrected chi connectivity index (χ0v) is 15.8. The maximum Gasteiger partial charge on any atom is 0.273 e. The molecular formula is C15H17N3O6S2. The Morgan fingerprint density at radius 2 is 1.65 bits per heavy atom. The largest absolute Gasteiger partial charge is 0.280 e. The molecule has 26 heavy (non-hydrogen) atoms. The van der Waals surface area contributed by atoms with E-state index in [4.69, 9.17) is 0 Å². The second kappa shape index (κ2) is 7.02. The molecule has 2 aromatic carbocycles. The molecule has 0 aliphatic rings. The van der Waals surface area contributed by atoms with Crippen molar-refractivity contribution in [1.82, 2.24) is 4.31 Å². The summed E-state index contributed by atoms with van der Waals surface area (Å²) in [6.07, 6.45) is 0. The van der Waals surface area contributed by atoms with Crippen molar-refractivity contribution in [2.24, 2.45) is 0 Å². The van der Waals surface area contributed by atoms with Crippen LogP contribution in [0.5, 0.6) is 0 Å². The molecule has 0 aliphatic carbocycles. The number of benzene rings is 2. The number of nitro groups is 1. The predicted molar refractivity (Wildman–Crippen MR) is 96.0 cm³/mol. The van der Waals surface area contributed by atoms with Crippen LogP contribution in [0.25, 0.3) is 0 Å². The molecule has 1 N–H and O–H groups in total. The van der Waals surface area contributed by atoms with Gasteiger partial charge in [0.1, 0.15) is 0 Å². The molecule has 0 amide bonds. The number of anilines is 1. The first-order chi connectivity index (χ1) is 11.9. The highest BCUT2D eigenvalue weighted by atomic mass is 32.2. The summed E-state index contributed by atoms with van der Waals surface area (Å²) >= 11 is 0. The van der Waals surface area contributed by atoms with Crippen LogP contribution in [0.15, 0.2) is 52.3 Å². The van der Waals surface area contributed by atoms with Crippen LogP contribution in [0.1, 0.15) is 5.56 Å². The van der Waals surface area contributed by atoms with E-state index in [0.717, 1.165) is 10.4 Å². The topological polar surface area (TPSA) is 127 Å². The molecule has 0 saturated carbocycles. The molecule has 0 aromatic heterocycles. The van der Waals surface area contributed by atoms with Gasteiger partial charge in [-0.1, -0.05) is 12.1 Å². The molecule has 0 unspecified atom stereocenters. The van der Waals surface area contributed by atoms with Gasteiger partial charge in [0.05, 0.1) is 20.4 Å². The number of nitrogens with one attached hydrogen (secondary N) is 1. The first kappa shape index (κ1) is 19.8. The Morgan fingerprint density at radius 3 is 2.23 bits per heavy atom. The molecule has 2 rings (SSSR count). The molecule has 0 heterocycles. The third-order valence-corrected chi connectivity index (χ3v) is 6.74. The van der Waals surface area contributed by atoms with Crippen molar-refractivity contribution >= 4 is 31.4 Å².